The zero-order valence-corrected chi connectivity index (χ0v) is 32.0. The highest BCUT2D eigenvalue weighted by Gasteiger charge is 2.42. The lowest BCUT2D eigenvalue weighted by molar-refractivity contribution is -0.132. The van der Waals surface area contributed by atoms with Gasteiger partial charge in [-0.05, 0) is 102 Å². The molecule has 11 heteroatoms. The molecule has 278 valence electrons. The third-order valence-corrected chi connectivity index (χ3v) is 12.4. The number of carbonyl (C=O) groups excluding carboxylic acids is 1. The van der Waals surface area contributed by atoms with Gasteiger partial charge in [-0.15, -0.1) is 0 Å². The van der Waals surface area contributed by atoms with Crippen LogP contribution in [0.4, 0.5) is 5.69 Å². The molecule has 3 atom stereocenters. The van der Waals surface area contributed by atoms with Gasteiger partial charge in [-0.25, -0.2) is 8.42 Å². The van der Waals surface area contributed by atoms with Crippen LogP contribution in [-0.2, 0) is 35.6 Å². The molecule has 1 amide bonds. The van der Waals surface area contributed by atoms with Gasteiger partial charge < -0.3 is 29.2 Å². The molecule has 1 N–H and O–H groups in total. The van der Waals surface area contributed by atoms with Gasteiger partial charge in [0.1, 0.15) is 11.4 Å². The average Bonchev–Trinajstić information content (AvgIpc) is 3.08. The molecule has 3 aliphatic rings. The van der Waals surface area contributed by atoms with Gasteiger partial charge in [-0.1, -0.05) is 37.6 Å². The Morgan fingerprint density at radius 3 is 2.50 bits per heavy atom. The Morgan fingerprint density at radius 1 is 1.08 bits per heavy atom. The quantitative estimate of drug-likeness (QED) is 0.235. The highest BCUT2D eigenvalue weighted by atomic mass is 32.2. The minimum Gasteiger partial charge on any atom is -0.484 e. The number of rotatable bonds is 14. The maximum atomic E-state index is 14.3. The summed E-state index contributed by atoms with van der Waals surface area (Å²) in [6.07, 6.45) is 4.19. The molecule has 50 heavy (non-hydrogen) atoms. The van der Waals surface area contributed by atoms with Crippen LogP contribution in [0.25, 0.3) is 0 Å². The van der Waals surface area contributed by atoms with E-state index in [1.165, 1.54) is 0 Å². The summed E-state index contributed by atoms with van der Waals surface area (Å²) in [6.45, 7) is 16.4. The number of carbonyl (C=O) groups is 1. The molecule has 0 saturated carbocycles. The molecular weight excluding hydrogens is 655 g/mol. The fraction of sp³-hybridized carbons (Fsp3) is 0.667. The van der Waals surface area contributed by atoms with Crippen molar-refractivity contribution in [3.8, 4) is 5.75 Å². The minimum atomic E-state index is -3.85. The molecule has 0 unspecified atom stereocenters. The van der Waals surface area contributed by atoms with E-state index in [2.05, 4.69) is 37.1 Å². The smallest absolute Gasteiger partial charge is 0.243 e. The van der Waals surface area contributed by atoms with Crippen molar-refractivity contribution in [2.75, 3.05) is 51.5 Å². The van der Waals surface area contributed by atoms with Gasteiger partial charge in [-0.2, -0.15) is 4.31 Å². The van der Waals surface area contributed by atoms with Crippen molar-refractivity contribution in [1.29, 1.82) is 0 Å². The van der Waals surface area contributed by atoms with Gasteiger partial charge in [0.2, 0.25) is 15.9 Å². The molecule has 5 rings (SSSR count). The molecule has 2 fully saturated rings. The van der Waals surface area contributed by atoms with E-state index in [1.54, 1.807) is 23.5 Å². The number of ether oxygens (including phenoxy) is 4. The summed E-state index contributed by atoms with van der Waals surface area (Å²) in [5.41, 5.74) is 1.97. The van der Waals surface area contributed by atoms with Crippen molar-refractivity contribution in [2.24, 2.45) is 11.3 Å². The lowest BCUT2D eigenvalue weighted by Gasteiger charge is -2.42. The molecule has 10 nitrogen and oxygen atoms in total. The first kappa shape index (κ1) is 38.5. The van der Waals surface area contributed by atoms with Crippen LogP contribution in [0.2, 0.25) is 0 Å². The second-order valence-electron chi connectivity index (χ2n) is 15.8. The molecule has 0 spiro atoms. The largest absolute Gasteiger partial charge is 0.484 e. The Kier molecular flexibility index (Phi) is 12.6. The van der Waals surface area contributed by atoms with Crippen molar-refractivity contribution < 1.29 is 32.2 Å². The Morgan fingerprint density at radius 2 is 1.80 bits per heavy atom. The third kappa shape index (κ3) is 9.59. The topological polar surface area (TPSA) is 107 Å². The third-order valence-electron chi connectivity index (χ3n) is 10.5. The SMILES string of the molecule is COCCCN1CC(C)(C)Oc2ccc(CO[C@@H]3CC[C@@H](CC(C)(C)C(=O)N[C@@H](C)C4CCOCC4)N(S(=O)(=O)c4ccc(C)cc4)C3)cc21. The maximum Gasteiger partial charge on any atom is 0.243 e. The number of hydrogen-bond acceptors (Lipinski definition) is 8. The van der Waals surface area contributed by atoms with Crippen LogP contribution in [0.1, 0.15) is 84.3 Å². The molecule has 0 bridgehead atoms. The number of benzene rings is 2. The van der Waals surface area contributed by atoms with E-state index in [0.29, 0.717) is 38.4 Å². The number of anilines is 1. The number of nitrogens with one attached hydrogen (secondary N) is 1. The summed E-state index contributed by atoms with van der Waals surface area (Å²) in [4.78, 5) is 16.3. The first-order valence-corrected chi connectivity index (χ1v) is 19.8. The molecule has 0 aromatic heterocycles. The number of nitrogens with zero attached hydrogens (tertiary/aromatic N) is 2. The highest BCUT2D eigenvalue weighted by molar-refractivity contribution is 7.89. The summed E-state index contributed by atoms with van der Waals surface area (Å²) in [5, 5.41) is 3.26. The van der Waals surface area contributed by atoms with E-state index >= 15 is 0 Å². The molecule has 0 aliphatic carbocycles. The van der Waals surface area contributed by atoms with E-state index in [-0.39, 0.29) is 41.1 Å². The van der Waals surface area contributed by atoms with Gasteiger partial charge in [0.25, 0.3) is 0 Å². The minimum absolute atomic E-state index is 0.0290. The summed E-state index contributed by atoms with van der Waals surface area (Å²) in [6, 6.07) is 12.9. The number of methoxy groups -OCH3 is 1. The van der Waals surface area contributed by atoms with Gasteiger partial charge in [-0.3, -0.25) is 4.79 Å². The molecule has 2 saturated heterocycles. The number of hydrogen-bond donors (Lipinski definition) is 1. The van der Waals surface area contributed by atoms with Gasteiger partial charge in [0, 0.05) is 57.5 Å². The van der Waals surface area contributed by atoms with Crippen molar-refractivity contribution >= 4 is 21.6 Å². The second kappa shape index (κ2) is 16.3. The van der Waals surface area contributed by atoms with Gasteiger partial charge in [0.15, 0.2) is 0 Å². The van der Waals surface area contributed by atoms with Crippen LogP contribution in [0.5, 0.6) is 5.75 Å². The Hall–Kier alpha value is -2.70. The van der Waals surface area contributed by atoms with Crippen molar-refractivity contribution in [2.45, 2.75) is 115 Å². The van der Waals surface area contributed by atoms with Crippen LogP contribution in [-0.4, -0.2) is 89.0 Å². The average molecular weight is 714 g/mol. The van der Waals surface area contributed by atoms with Crippen LogP contribution in [0.15, 0.2) is 47.4 Å². The predicted molar refractivity (Wildman–Crippen MR) is 196 cm³/mol. The predicted octanol–water partition coefficient (Wildman–Crippen LogP) is 6.10. The summed E-state index contributed by atoms with van der Waals surface area (Å²) >= 11 is 0. The number of amides is 1. The van der Waals surface area contributed by atoms with Gasteiger partial charge in [0.05, 0.1) is 29.8 Å². The fourth-order valence-electron chi connectivity index (χ4n) is 7.54. The second-order valence-corrected chi connectivity index (χ2v) is 17.7. The van der Waals surface area contributed by atoms with Crippen LogP contribution < -0.4 is 15.0 Å². The van der Waals surface area contributed by atoms with Crippen LogP contribution in [0, 0.1) is 18.3 Å². The van der Waals surface area contributed by atoms with Gasteiger partial charge >= 0.3 is 0 Å². The normalized spacial score (nSPS) is 22.4. The zero-order valence-electron chi connectivity index (χ0n) is 31.2. The summed E-state index contributed by atoms with van der Waals surface area (Å²) in [5.74, 6) is 1.19. The molecular formula is C39H59N3O7S. The molecule has 2 aromatic carbocycles. The van der Waals surface area contributed by atoms with Crippen LogP contribution in [0.3, 0.4) is 0 Å². The van der Waals surface area contributed by atoms with E-state index < -0.39 is 15.4 Å². The number of sulfonamides is 1. The van der Waals surface area contributed by atoms with E-state index in [0.717, 1.165) is 68.1 Å². The molecule has 3 aliphatic heterocycles. The maximum absolute atomic E-state index is 14.3. The monoisotopic (exact) mass is 713 g/mol. The van der Waals surface area contributed by atoms with E-state index in [1.807, 2.05) is 45.0 Å². The number of fused-ring (bicyclic) bond motifs is 1. The number of aryl methyl sites for hydroxylation is 1. The van der Waals surface area contributed by atoms with Crippen LogP contribution >= 0.6 is 0 Å². The fourth-order valence-corrected chi connectivity index (χ4v) is 9.22. The molecule has 2 aromatic rings. The first-order chi connectivity index (χ1) is 23.7. The molecule has 3 heterocycles. The van der Waals surface area contributed by atoms with Crippen molar-refractivity contribution in [3.63, 3.8) is 0 Å². The van der Waals surface area contributed by atoms with E-state index in [9.17, 15) is 13.2 Å². The standard InChI is InChI=1S/C39H59N3O7S/c1-28-9-14-34(15-10-28)50(44,45)42-25-33(13-12-32(42)24-38(3,4)37(43)40-29(2)31-17-21-47-22-18-31)48-26-30-11-16-36-35(23-30)41(19-8-20-46-7)27-39(5,6)49-36/h9-11,14-16,23,29,31-33H,8,12-13,17-22,24-27H2,1-7H3,(H,40,43)/t29-,32-,33+/m0/s1. The summed E-state index contributed by atoms with van der Waals surface area (Å²) in [7, 11) is -2.13. The Balaban J connectivity index is 1.30. The molecule has 0 radical (unpaired) electrons. The lowest BCUT2D eigenvalue weighted by Crippen LogP contribution is -2.53. The Labute approximate surface area is 300 Å². The van der Waals surface area contributed by atoms with Crippen molar-refractivity contribution in [1.82, 2.24) is 9.62 Å². The van der Waals surface area contributed by atoms with Crippen molar-refractivity contribution in [3.05, 3.63) is 53.6 Å². The Bertz CT molecular complexity index is 1540. The number of piperidine rings is 1. The highest BCUT2D eigenvalue weighted by Crippen LogP contribution is 2.39. The zero-order chi connectivity index (χ0) is 36.1. The van der Waals surface area contributed by atoms with E-state index in [4.69, 9.17) is 18.9 Å². The lowest BCUT2D eigenvalue weighted by atomic mass is 9.81. The first-order valence-electron chi connectivity index (χ1n) is 18.3. The summed E-state index contributed by atoms with van der Waals surface area (Å²) < 4.78 is 53.7.